The number of hydrogen-bond donors (Lipinski definition) is 1. The zero-order valence-electron chi connectivity index (χ0n) is 12.6. The standard InChI is InChI=1S/C16H15N3O2S2/c1-20-12-5-6-14(21-2)11(8-12)9-17-19-16-18-13(10-23-16)15-4-3-7-22-15/h3-10H,1-2H3,(H,18,19). The van der Waals surface area contributed by atoms with Crippen molar-refractivity contribution in [3.05, 3.63) is 46.7 Å². The van der Waals surface area contributed by atoms with Crippen molar-refractivity contribution in [2.24, 2.45) is 5.10 Å². The molecule has 0 radical (unpaired) electrons. The second kappa shape index (κ2) is 7.26. The number of thiophene rings is 1. The number of methoxy groups -OCH3 is 2. The molecule has 1 aromatic carbocycles. The van der Waals surface area contributed by atoms with Crippen molar-refractivity contribution in [1.29, 1.82) is 0 Å². The van der Waals surface area contributed by atoms with Crippen molar-refractivity contribution in [3.63, 3.8) is 0 Å². The van der Waals surface area contributed by atoms with Crippen LogP contribution in [0.2, 0.25) is 0 Å². The van der Waals surface area contributed by atoms with Crippen LogP contribution >= 0.6 is 22.7 Å². The maximum atomic E-state index is 5.31. The second-order valence-corrected chi connectivity index (χ2v) is 6.30. The maximum absolute atomic E-state index is 5.31. The van der Waals surface area contributed by atoms with Crippen molar-refractivity contribution >= 4 is 34.0 Å². The molecule has 3 aromatic rings. The van der Waals surface area contributed by atoms with Gasteiger partial charge in [0.25, 0.3) is 0 Å². The van der Waals surface area contributed by atoms with Crippen LogP contribution in [-0.2, 0) is 0 Å². The van der Waals surface area contributed by atoms with Crippen LogP contribution < -0.4 is 14.9 Å². The van der Waals surface area contributed by atoms with Crippen LogP contribution in [-0.4, -0.2) is 25.4 Å². The highest BCUT2D eigenvalue weighted by Gasteiger charge is 2.05. The Morgan fingerprint density at radius 2 is 2.09 bits per heavy atom. The first-order chi connectivity index (χ1) is 11.3. The number of anilines is 1. The first-order valence-corrected chi connectivity index (χ1v) is 8.56. The summed E-state index contributed by atoms with van der Waals surface area (Å²) in [7, 11) is 3.25. The van der Waals surface area contributed by atoms with E-state index >= 15 is 0 Å². The number of rotatable bonds is 6. The highest BCUT2D eigenvalue weighted by Crippen LogP contribution is 2.28. The smallest absolute Gasteiger partial charge is 0.203 e. The highest BCUT2D eigenvalue weighted by molar-refractivity contribution is 7.15. The monoisotopic (exact) mass is 345 g/mol. The lowest BCUT2D eigenvalue weighted by Gasteiger charge is -2.06. The Labute approximate surface area is 142 Å². The number of thiazole rings is 1. The van der Waals surface area contributed by atoms with Gasteiger partial charge in [0.15, 0.2) is 0 Å². The van der Waals surface area contributed by atoms with E-state index in [0.29, 0.717) is 0 Å². The third kappa shape index (κ3) is 3.69. The molecular weight excluding hydrogens is 330 g/mol. The maximum Gasteiger partial charge on any atom is 0.203 e. The molecule has 23 heavy (non-hydrogen) atoms. The van der Waals surface area contributed by atoms with Gasteiger partial charge in [-0.05, 0) is 29.6 Å². The fraction of sp³-hybridized carbons (Fsp3) is 0.125. The van der Waals surface area contributed by atoms with E-state index in [2.05, 4.69) is 15.5 Å². The number of hydrogen-bond acceptors (Lipinski definition) is 7. The summed E-state index contributed by atoms with van der Waals surface area (Å²) in [6.07, 6.45) is 1.69. The van der Waals surface area contributed by atoms with E-state index in [9.17, 15) is 0 Å². The summed E-state index contributed by atoms with van der Waals surface area (Å²) >= 11 is 3.18. The van der Waals surface area contributed by atoms with E-state index in [-0.39, 0.29) is 0 Å². The number of nitrogens with zero attached hydrogens (tertiary/aromatic N) is 2. The van der Waals surface area contributed by atoms with Gasteiger partial charge in [0.05, 0.1) is 31.0 Å². The summed E-state index contributed by atoms with van der Waals surface area (Å²) in [4.78, 5) is 5.65. The Kier molecular flexibility index (Phi) is 4.89. The van der Waals surface area contributed by atoms with Gasteiger partial charge < -0.3 is 9.47 Å². The number of benzene rings is 1. The van der Waals surface area contributed by atoms with Crippen LogP contribution in [0.5, 0.6) is 11.5 Å². The summed E-state index contributed by atoms with van der Waals surface area (Å²) in [6.45, 7) is 0. The molecule has 0 aliphatic carbocycles. The van der Waals surface area contributed by atoms with Crippen LogP contribution in [0, 0.1) is 0 Å². The molecule has 0 amide bonds. The molecule has 3 rings (SSSR count). The molecule has 0 spiro atoms. The minimum absolute atomic E-state index is 0.731. The molecule has 2 aromatic heterocycles. The molecule has 7 heteroatoms. The zero-order chi connectivity index (χ0) is 16.1. The SMILES string of the molecule is COc1ccc(OC)c(C=NNc2nc(-c3cccs3)cs2)c1. The molecule has 0 saturated carbocycles. The van der Waals surface area contributed by atoms with Crippen LogP contribution in [0.1, 0.15) is 5.56 Å². The fourth-order valence-corrected chi connectivity index (χ4v) is 3.38. The van der Waals surface area contributed by atoms with Crippen LogP contribution in [0.3, 0.4) is 0 Å². The fourth-order valence-electron chi connectivity index (χ4n) is 1.96. The first-order valence-electron chi connectivity index (χ1n) is 6.80. The predicted molar refractivity (Wildman–Crippen MR) is 96.2 cm³/mol. The number of hydrazone groups is 1. The molecular formula is C16H15N3O2S2. The summed E-state index contributed by atoms with van der Waals surface area (Å²) in [6, 6.07) is 9.62. The van der Waals surface area contributed by atoms with E-state index in [1.165, 1.54) is 11.3 Å². The molecule has 0 aliphatic rings. The average molecular weight is 345 g/mol. The molecule has 0 fully saturated rings. The third-order valence-corrected chi connectivity index (χ3v) is 4.72. The van der Waals surface area contributed by atoms with Gasteiger partial charge in [0.2, 0.25) is 5.13 Å². The van der Waals surface area contributed by atoms with Gasteiger partial charge in [-0.1, -0.05) is 6.07 Å². The topological polar surface area (TPSA) is 55.7 Å². The molecule has 5 nitrogen and oxygen atoms in total. The van der Waals surface area contributed by atoms with Gasteiger partial charge in [-0.2, -0.15) is 5.10 Å². The van der Waals surface area contributed by atoms with Crippen LogP contribution in [0.25, 0.3) is 10.6 Å². The largest absolute Gasteiger partial charge is 0.497 e. The Balaban J connectivity index is 1.72. The lowest BCUT2D eigenvalue weighted by molar-refractivity contribution is 0.402. The van der Waals surface area contributed by atoms with E-state index < -0.39 is 0 Å². The van der Waals surface area contributed by atoms with Crippen molar-refractivity contribution in [2.75, 3.05) is 19.6 Å². The van der Waals surface area contributed by atoms with E-state index in [4.69, 9.17) is 9.47 Å². The highest BCUT2D eigenvalue weighted by atomic mass is 32.1. The molecule has 0 atom stereocenters. The Morgan fingerprint density at radius 1 is 1.17 bits per heavy atom. The third-order valence-electron chi connectivity index (χ3n) is 3.08. The normalized spacial score (nSPS) is 10.9. The second-order valence-electron chi connectivity index (χ2n) is 4.49. The Hall–Kier alpha value is -2.38. The van der Waals surface area contributed by atoms with Crippen molar-refractivity contribution < 1.29 is 9.47 Å². The molecule has 1 N–H and O–H groups in total. The summed E-state index contributed by atoms with van der Waals surface area (Å²) in [5, 5.41) is 9.02. The predicted octanol–water partition coefficient (Wildman–Crippen LogP) is 4.33. The van der Waals surface area contributed by atoms with Gasteiger partial charge in [-0.3, -0.25) is 5.43 Å². The zero-order valence-corrected chi connectivity index (χ0v) is 14.3. The number of ether oxygens (including phenoxy) is 2. The minimum atomic E-state index is 0.731. The van der Waals surface area contributed by atoms with E-state index in [1.54, 1.807) is 31.8 Å². The van der Waals surface area contributed by atoms with Crippen molar-refractivity contribution in [1.82, 2.24) is 4.98 Å². The van der Waals surface area contributed by atoms with E-state index in [0.717, 1.165) is 32.8 Å². The molecule has 0 aliphatic heterocycles. The molecule has 2 heterocycles. The molecule has 118 valence electrons. The lowest BCUT2D eigenvalue weighted by Crippen LogP contribution is -1.95. The lowest BCUT2D eigenvalue weighted by atomic mass is 10.2. The van der Waals surface area contributed by atoms with E-state index in [1.807, 2.05) is 41.1 Å². The quantitative estimate of drug-likeness (QED) is 0.533. The Bertz CT molecular complexity index is 798. The minimum Gasteiger partial charge on any atom is -0.497 e. The summed E-state index contributed by atoms with van der Waals surface area (Å²) in [5.74, 6) is 1.48. The van der Waals surface area contributed by atoms with Gasteiger partial charge in [-0.15, -0.1) is 22.7 Å². The van der Waals surface area contributed by atoms with Crippen LogP contribution in [0.4, 0.5) is 5.13 Å². The number of nitrogens with one attached hydrogen (secondary N) is 1. The van der Waals surface area contributed by atoms with Gasteiger partial charge in [-0.25, -0.2) is 4.98 Å². The van der Waals surface area contributed by atoms with Gasteiger partial charge >= 0.3 is 0 Å². The van der Waals surface area contributed by atoms with Crippen molar-refractivity contribution in [2.45, 2.75) is 0 Å². The molecule has 0 bridgehead atoms. The van der Waals surface area contributed by atoms with Gasteiger partial charge in [0, 0.05) is 10.9 Å². The molecule has 0 unspecified atom stereocenters. The number of aromatic nitrogens is 1. The molecule has 0 saturated heterocycles. The van der Waals surface area contributed by atoms with Crippen molar-refractivity contribution in [3.8, 4) is 22.1 Å². The Morgan fingerprint density at radius 3 is 2.83 bits per heavy atom. The van der Waals surface area contributed by atoms with Crippen LogP contribution in [0.15, 0.2) is 46.2 Å². The summed E-state index contributed by atoms with van der Waals surface area (Å²) < 4.78 is 10.5. The average Bonchev–Trinajstić information content (AvgIpc) is 3.26. The summed E-state index contributed by atoms with van der Waals surface area (Å²) in [5.41, 5.74) is 4.74. The van der Waals surface area contributed by atoms with Gasteiger partial charge in [0.1, 0.15) is 11.5 Å². The first kappa shape index (κ1) is 15.5.